The van der Waals surface area contributed by atoms with Crippen molar-refractivity contribution in [2.45, 2.75) is 52.7 Å². The van der Waals surface area contributed by atoms with E-state index in [2.05, 4.69) is 26.0 Å². The topological polar surface area (TPSA) is 78.3 Å². The molecule has 1 rings (SSSR count). The number of carbonyl (C=O) groups is 1. The third kappa shape index (κ3) is 4.56. The van der Waals surface area contributed by atoms with Gasteiger partial charge in [-0.25, -0.2) is 4.79 Å². The summed E-state index contributed by atoms with van der Waals surface area (Å²) in [6.45, 7) is 8.44. The second-order valence-electron chi connectivity index (χ2n) is 5.59. The summed E-state index contributed by atoms with van der Waals surface area (Å²) in [6.07, 6.45) is 0.847. The number of benzene rings is 1. The molecule has 0 heterocycles. The predicted octanol–water partition coefficient (Wildman–Crippen LogP) is 2.57. The molecule has 0 aliphatic rings. The summed E-state index contributed by atoms with van der Waals surface area (Å²) in [5, 5.41) is 0. The molecule has 0 spiro atoms. The van der Waals surface area contributed by atoms with Crippen molar-refractivity contribution in [1.29, 1.82) is 0 Å². The van der Waals surface area contributed by atoms with Gasteiger partial charge in [0.05, 0.1) is 0 Å². The van der Waals surface area contributed by atoms with Crippen molar-refractivity contribution in [1.82, 2.24) is 0 Å². The molecule has 1 aromatic rings. The maximum absolute atomic E-state index is 10.8. The standard InChI is InChI=1S/C15H24N2O2/c1-10-7-12(8-11(2)13(10)9-16)5-6-15(3,4)19-14(17)18/h7-8H,5-6,9,16H2,1-4H3,(H2,17,18). The molecule has 0 aromatic heterocycles. The van der Waals surface area contributed by atoms with Crippen LogP contribution < -0.4 is 11.5 Å². The Morgan fingerprint density at radius 2 is 1.79 bits per heavy atom. The molecule has 0 saturated carbocycles. The van der Waals surface area contributed by atoms with Gasteiger partial charge in [0.15, 0.2) is 0 Å². The van der Waals surface area contributed by atoms with Crippen LogP contribution in [0.4, 0.5) is 4.79 Å². The smallest absolute Gasteiger partial charge is 0.405 e. The van der Waals surface area contributed by atoms with Gasteiger partial charge in [0.25, 0.3) is 0 Å². The van der Waals surface area contributed by atoms with Crippen molar-refractivity contribution in [3.8, 4) is 0 Å². The fourth-order valence-electron chi connectivity index (χ4n) is 2.32. The van der Waals surface area contributed by atoms with Gasteiger partial charge in [0, 0.05) is 6.54 Å². The Morgan fingerprint density at radius 3 is 2.21 bits per heavy atom. The first-order valence-corrected chi connectivity index (χ1v) is 6.52. The van der Waals surface area contributed by atoms with E-state index in [4.69, 9.17) is 16.2 Å². The van der Waals surface area contributed by atoms with Gasteiger partial charge in [-0.1, -0.05) is 12.1 Å². The number of carbonyl (C=O) groups excluding carboxylic acids is 1. The molecule has 0 atom stereocenters. The SMILES string of the molecule is Cc1cc(CCC(C)(C)OC(N)=O)cc(C)c1CN. The lowest BCUT2D eigenvalue weighted by Crippen LogP contribution is -2.31. The molecule has 0 fully saturated rings. The average Bonchev–Trinajstić information content (AvgIpc) is 2.24. The van der Waals surface area contributed by atoms with Gasteiger partial charge in [-0.2, -0.15) is 0 Å². The quantitative estimate of drug-likeness (QED) is 0.858. The summed E-state index contributed by atoms with van der Waals surface area (Å²) in [7, 11) is 0. The number of rotatable bonds is 5. The van der Waals surface area contributed by atoms with Crippen molar-refractivity contribution < 1.29 is 9.53 Å². The van der Waals surface area contributed by atoms with Gasteiger partial charge in [-0.05, 0) is 62.8 Å². The van der Waals surface area contributed by atoms with Gasteiger partial charge < -0.3 is 16.2 Å². The van der Waals surface area contributed by atoms with Crippen LogP contribution in [0.15, 0.2) is 12.1 Å². The van der Waals surface area contributed by atoms with Crippen LogP contribution in [-0.4, -0.2) is 11.7 Å². The zero-order chi connectivity index (χ0) is 14.6. The molecule has 1 amide bonds. The highest BCUT2D eigenvalue weighted by atomic mass is 16.6. The van der Waals surface area contributed by atoms with E-state index in [0.29, 0.717) is 6.54 Å². The lowest BCUT2D eigenvalue weighted by molar-refractivity contribution is 0.0394. The lowest BCUT2D eigenvalue weighted by atomic mass is 9.94. The maximum atomic E-state index is 10.8. The van der Waals surface area contributed by atoms with Crippen LogP contribution in [0, 0.1) is 13.8 Å². The van der Waals surface area contributed by atoms with E-state index in [-0.39, 0.29) is 0 Å². The second kappa shape index (κ2) is 6.06. The normalized spacial score (nSPS) is 11.4. The van der Waals surface area contributed by atoms with Crippen LogP contribution in [-0.2, 0) is 17.7 Å². The summed E-state index contributed by atoms with van der Waals surface area (Å²) in [6, 6.07) is 4.30. The molecule has 0 saturated heterocycles. The minimum atomic E-state index is -0.726. The molecule has 1 aromatic carbocycles. The fraction of sp³-hybridized carbons (Fsp3) is 0.533. The second-order valence-corrected chi connectivity index (χ2v) is 5.59. The van der Waals surface area contributed by atoms with Crippen molar-refractivity contribution in [3.05, 3.63) is 34.4 Å². The van der Waals surface area contributed by atoms with E-state index in [9.17, 15) is 4.79 Å². The first-order valence-electron chi connectivity index (χ1n) is 6.52. The van der Waals surface area contributed by atoms with E-state index in [1.807, 2.05) is 13.8 Å². The molecule has 4 N–H and O–H groups in total. The molecule has 0 aliphatic carbocycles. The Hall–Kier alpha value is -1.55. The summed E-state index contributed by atoms with van der Waals surface area (Å²) in [5.41, 5.74) is 15.1. The number of primary amides is 1. The molecular formula is C15H24N2O2. The Balaban J connectivity index is 2.76. The Bertz CT molecular complexity index is 444. The third-order valence-corrected chi connectivity index (χ3v) is 3.35. The zero-order valence-electron chi connectivity index (χ0n) is 12.2. The summed E-state index contributed by atoms with van der Waals surface area (Å²) in [4.78, 5) is 10.8. The van der Waals surface area contributed by atoms with E-state index < -0.39 is 11.7 Å². The van der Waals surface area contributed by atoms with E-state index >= 15 is 0 Å². The van der Waals surface area contributed by atoms with Crippen LogP contribution in [0.25, 0.3) is 0 Å². The number of hydrogen-bond acceptors (Lipinski definition) is 3. The monoisotopic (exact) mass is 264 g/mol. The fourth-order valence-corrected chi connectivity index (χ4v) is 2.32. The highest BCUT2D eigenvalue weighted by Gasteiger charge is 2.21. The minimum Gasteiger partial charge on any atom is -0.444 e. The number of amides is 1. The van der Waals surface area contributed by atoms with Gasteiger partial charge in [-0.3, -0.25) is 0 Å². The molecular weight excluding hydrogens is 240 g/mol. The van der Waals surface area contributed by atoms with E-state index in [0.717, 1.165) is 12.8 Å². The molecule has 4 nitrogen and oxygen atoms in total. The van der Waals surface area contributed by atoms with Gasteiger partial charge in [-0.15, -0.1) is 0 Å². The summed E-state index contributed by atoms with van der Waals surface area (Å²) in [5.74, 6) is 0. The largest absolute Gasteiger partial charge is 0.444 e. The van der Waals surface area contributed by atoms with Crippen LogP contribution in [0.5, 0.6) is 0 Å². The molecule has 4 heteroatoms. The van der Waals surface area contributed by atoms with Crippen LogP contribution in [0.2, 0.25) is 0 Å². The van der Waals surface area contributed by atoms with E-state index in [1.54, 1.807) is 0 Å². The van der Waals surface area contributed by atoms with Crippen molar-refractivity contribution in [3.63, 3.8) is 0 Å². The lowest BCUT2D eigenvalue weighted by Gasteiger charge is -2.24. The number of ether oxygens (including phenoxy) is 1. The maximum Gasteiger partial charge on any atom is 0.405 e. The van der Waals surface area contributed by atoms with Crippen LogP contribution in [0.3, 0.4) is 0 Å². The van der Waals surface area contributed by atoms with Crippen LogP contribution in [0.1, 0.15) is 42.5 Å². The Morgan fingerprint density at radius 1 is 1.26 bits per heavy atom. The highest BCUT2D eigenvalue weighted by Crippen LogP contribution is 2.21. The Kier molecular flexibility index (Phi) is 4.95. The zero-order valence-corrected chi connectivity index (χ0v) is 12.2. The third-order valence-electron chi connectivity index (χ3n) is 3.35. The molecule has 0 bridgehead atoms. The van der Waals surface area contributed by atoms with Crippen molar-refractivity contribution in [2.75, 3.05) is 0 Å². The first kappa shape index (κ1) is 15.5. The molecule has 0 unspecified atom stereocenters. The van der Waals surface area contributed by atoms with Crippen molar-refractivity contribution >= 4 is 6.09 Å². The number of hydrogen-bond donors (Lipinski definition) is 2. The van der Waals surface area contributed by atoms with E-state index in [1.165, 1.54) is 22.3 Å². The minimum absolute atomic E-state index is 0.541. The highest BCUT2D eigenvalue weighted by molar-refractivity contribution is 5.65. The number of aryl methyl sites for hydroxylation is 3. The summed E-state index contributed by atoms with van der Waals surface area (Å²) >= 11 is 0. The first-order chi connectivity index (χ1) is 8.75. The molecule has 0 aliphatic heterocycles. The molecule has 19 heavy (non-hydrogen) atoms. The van der Waals surface area contributed by atoms with Crippen molar-refractivity contribution in [2.24, 2.45) is 11.5 Å². The molecule has 0 radical (unpaired) electrons. The van der Waals surface area contributed by atoms with Gasteiger partial charge >= 0.3 is 6.09 Å². The van der Waals surface area contributed by atoms with Gasteiger partial charge in [0.2, 0.25) is 0 Å². The van der Waals surface area contributed by atoms with Crippen LogP contribution >= 0.6 is 0 Å². The molecule has 106 valence electrons. The predicted molar refractivity (Wildman–Crippen MR) is 76.9 cm³/mol. The Labute approximate surface area is 115 Å². The number of nitrogens with two attached hydrogens (primary N) is 2. The van der Waals surface area contributed by atoms with Gasteiger partial charge in [0.1, 0.15) is 5.60 Å². The summed E-state index contributed by atoms with van der Waals surface area (Å²) < 4.78 is 5.08. The average molecular weight is 264 g/mol.